The van der Waals surface area contributed by atoms with Crippen molar-refractivity contribution in [2.45, 2.75) is 33.2 Å². The van der Waals surface area contributed by atoms with E-state index < -0.39 is 0 Å². The molecule has 2 nitrogen and oxygen atoms in total. The van der Waals surface area contributed by atoms with Crippen LogP contribution < -0.4 is 10.2 Å². The average molecular weight is 255 g/mol. The zero-order valence-corrected chi connectivity index (χ0v) is 12.2. The van der Waals surface area contributed by atoms with E-state index in [0.29, 0.717) is 12.0 Å². The zero-order chi connectivity index (χ0) is 13.0. The van der Waals surface area contributed by atoms with Crippen LogP contribution in [0.25, 0.3) is 0 Å². The summed E-state index contributed by atoms with van der Waals surface area (Å²) in [6, 6.07) is 6.42. The number of hydrogen-bond donors (Lipinski definition) is 1. The summed E-state index contributed by atoms with van der Waals surface area (Å²) in [5.74, 6) is 0.694. The van der Waals surface area contributed by atoms with Crippen molar-refractivity contribution in [3.05, 3.63) is 23.2 Å². The SMILES string of the molecule is CC(C)CC(C)Nc1cc(Cl)ccc1N(C)C. The van der Waals surface area contributed by atoms with E-state index in [-0.39, 0.29) is 0 Å². The molecule has 0 heterocycles. The highest BCUT2D eigenvalue weighted by molar-refractivity contribution is 6.31. The predicted octanol–water partition coefficient (Wildman–Crippen LogP) is 4.25. The van der Waals surface area contributed by atoms with Gasteiger partial charge in [-0.1, -0.05) is 25.4 Å². The molecular formula is C14H23ClN2. The fraction of sp³-hybridized carbons (Fsp3) is 0.571. The second kappa shape index (κ2) is 6.15. The highest BCUT2D eigenvalue weighted by atomic mass is 35.5. The molecule has 0 saturated heterocycles. The maximum Gasteiger partial charge on any atom is 0.0597 e. The minimum absolute atomic E-state index is 0.451. The number of anilines is 2. The smallest absolute Gasteiger partial charge is 0.0597 e. The van der Waals surface area contributed by atoms with E-state index in [9.17, 15) is 0 Å². The molecule has 0 aliphatic rings. The summed E-state index contributed by atoms with van der Waals surface area (Å²) in [6.07, 6.45) is 1.15. The van der Waals surface area contributed by atoms with Crippen LogP contribution in [-0.4, -0.2) is 20.1 Å². The normalized spacial score (nSPS) is 12.6. The molecule has 1 unspecified atom stereocenters. The Kier molecular flexibility index (Phi) is 5.13. The first kappa shape index (κ1) is 14.2. The van der Waals surface area contributed by atoms with Crippen molar-refractivity contribution < 1.29 is 0 Å². The number of hydrogen-bond acceptors (Lipinski definition) is 2. The second-order valence-electron chi connectivity index (χ2n) is 5.23. The van der Waals surface area contributed by atoms with Gasteiger partial charge in [0.05, 0.1) is 11.4 Å². The van der Waals surface area contributed by atoms with Crippen molar-refractivity contribution in [1.29, 1.82) is 0 Å². The molecule has 0 fully saturated rings. The molecule has 1 aromatic carbocycles. The molecule has 1 aromatic rings. The molecule has 1 atom stereocenters. The first-order valence-corrected chi connectivity index (χ1v) is 6.51. The molecule has 0 bridgehead atoms. The number of benzene rings is 1. The van der Waals surface area contributed by atoms with Gasteiger partial charge in [0, 0.05) is 25.2 Å². The van der Waals surface area contributed by atoms with Gasteiger partial charge >= 0.3 is 0 Å². The van der Waals surface area contributed by atoms with E-state index in [1.807, 2.05) is 32.3 Å². The first-order chi connectivity index (χ1) is 7.90. The number of halogens is 1. The van der Waals surface area contributed by atoms with Crippen LogP contribution in [0.1, 0.15) is 27.2 Å². The van der Waals surface area contributed by atoms with E-state index in [1.165, 1.54) is 5.69 Å². The Balaban J connectivity index is 2.84. The number of rotatable bonds is 5. The molecule has 1 N–H and O–H groups in total. The minimum Gasteiger partial charge on any atom is -0.381 e. The van der Waals surface area contributed by atoms with Crippen molar-refractivity contribution >= 4 is 23.0 Å². The van der Waals surface area contributed by atoms with Crippen LogP contribution in [0.4, 0.5) is 11.4 Å². The Morgan fingerprint density at radius 1 is 1.24 bits per heavy atom. The van der Waals surface area contributed by atoms with Crippen LogP contribution in [-0.2, 0) is 0 Å². The first-order valence-electron chi connectivity index (χ1n) is 6.13. The predicted molar refractivity (Wildman–Crippen MR) is 78.3 cm³/mol. The summed E-state index contributed by atoms with van der Waals surface area (Å²) in [4.78, 5) is 2.10. The molecule has 0 aliphatic carbocycles. The van der Waals surface area contributed by atoms with Gasteiger partial charge in [-0.3, -0.25) is 0 Å². The lowest BCUT2D eigenvalue weighted by atomic mass is 10.0. The minimum atomic E-state index is 0.451. The Morgan fingerprint density at radius 3 is 2.41 bits per heavy atom. The maximum absolute atomic E-state index is 6.05. The van der Waals surface area contributed by atoms with Gasteiger partial charge in [-0.25, -0.2) is 0 Å². The van der Waals surface area contributed by atoms with Crippen molar-refractivity contribution in [1.82, 2.24) is 0 Å². The number of nitrogens with zero attached hydrogens (tertiary/aromatic N) is 1. The molecule has 1 rings (SSSR count). The third kappa shape index (κ3) is 4.47. The van der Waals surface area contributed by atoms with Crippen molar-refractivity contribution in [3.8, 4) is 0 Å². The highest BCUT2D eigenvalue weighted by Gasteiger charge is 2.09. The highest BCUT2D eigenvalue weighted by Crippen LogP contribution is 2.28. The Hall–Kier alpha value is -0.890. The molecule has 96 valence electrons. The van der Waals surface area contributed by atoms with Gasteiger partial charge in [0.25, 0.3) is 0 Å². The summed E-state index contributed by atoms with van der Waals surface area (Å²) in [5.41, 5.74) is 2.28. The molecule has 17 heavy (non-hydrogen) atoms. The molecule has 0 amide bonds. The third-order valence-corrected chi connectivity index (χ3v) is 2.90. The lowest BCUT2D eigenvalue weighted by molar-refractivity contribution is 0.540. The quantitative estimate of drug-likeness (QED) is 0.845. The number of nitrogens with one attached hydrogen (secondary N) is 1. The largest absolute Gasteiger partial charge is 0.381 e. The topological polar surface area (TPSA) is 15.3 Å². The summed E-state index contributed by atoms with van der Waals surface area (Å²) < 4.78 is 0. The summed E-state index contributed by atoms with van der Waals surface area (Å²) in [6.45, 7) is 6.69. The van der Waals surface area contributed by atoms with Gasteiger partial charge in [0.15, 0.2) is 0 Å². The fourth-order valence-electron chi connectivity index (χ4n) is 2.05. The van der Waals surface area contributed by atoms with Crippen LogP contribution in [0.2, 0.25) is 5.02 Å². The van der Waals surface area contributed by atoms with Gasteiger partial charge in [-0.15, -0.1) is 0 Å². The molecule has 0 saturated carbocycles. The van der Waals surface area contributed by atoms with Crippen molar-refractivity contribution in [2.24, 2.45) is 5.92 Å². The Bertz CT molecular complexity index is 361. The molecular weight excluding hydrogens is 232 g/mol. The molecule has 0 spiro atoms. The van der Waals surface area contributed by atoms with Gasteiger partial charge < -0.3 is 10.2 Å². The van der Waals surface area contributed by atoms with Crippen LogP contribution in [0, 0.1) is 5.92 Å². The monoisotopic (exact) mass is 254 g/mol. The third-order valence-electron chi connectivity index (χ3n) is 2.67. The van der Waals surface area contributed by atoms with E-state index in [1.54, 1.807) is 0 Å². The van der Waals surface area contributed by atoms with Gasteiger partial charge in [0.1, 0.15) is 0 Å². The van der Waals surface area contributed by atoms with E-state index in [0.717, 1.165) is 17.1 Å². The van der Waals surface area contributed by atoms with Crippen molar-refractivity contribution in [2.75, 3.05) is 24.3 Å². The van der Waals surface area contributed by atoms with Crippen LogP contribution in [0.5, 0.6) is 0 Å². The lowest BCUT2D eigenvalue weighted by Crippen LogP contribution is -2.20. The molecule has 0 radical (unpaired) electrons. The van der Waals surface area contributed by atoms with Crippen molar-refractivity contribution in [3.63, 3.8) is 0 Å². The molecule has 0 aliphatic heterocycles. The Labute approximate surface area is 110 Å². The average Bonchev–Trinajstić information content (AvgIpc) is 2.15. The summed E-state index contributed by atoms with van der Waals surface area (Å²) in [7, 11) is 4.09. The second-order valence-corrected chi connectivity index (χ2v) is 5.67. The van der Waals surface area contributed by atoms with Crippen LogP contribution >= 0.6 is 11.6 Å². The van der Waals surface area contributed by atoms with Crippen LogP contribution in [0.15, 0.2) is 18.2 Å². The van der Waals surface area contributed by atoms with Gasteiger partial charge in [0.2, 0.25) is 0 Å². The van der Waals surface area contributed by atoms with Gasteiger partial charge in [-0.05, 0) is 37.5 Å². The maximum atomic E-state index is 6.05. The van der Waals surface area contributed by atoms with E-state index in [2.05, 4.69) is 31.0 Å². The molecule has 0 aromatic heterocycles. The standard InChI is InChI=1S/C14H23ClN2/c1-10(2)8-11(3)16-13-9-12(15)6-7-14(13)17(4)5/h6-7,9-11,16H,8H2,1-5H3. The fourth-order valence-corrected chi connectivity index (χ4v) is 2.22. The van der Waals surface area contributed by atoms with E-state index in [4.69, 9.17) is 11.6 Å². The van der Waals surface area contributed by atoms with Crippen LogP contribution in [0.3, 0.4) is 0 Å². The lowest BCUT2D eigenvalue weighted by Gasteiger charge is -2.23. The van der Waals surface area contributed by atoms with Gasteiger partial charge in [-0.2, -0.15) is 0 Å². The van der Waals surface area contributed by atoms with E-state index >= 15 is 0 Å². The zero-order valence-electron chi connectivity index (χ0n) is 11.4. The molecule has 3 heteroatoms. The summed E-state index contributed by atoms with van der Waals surface area (Å²) in [5, 5.41) is 4.31. The Morgan fingerprint density at radius 2 is 1.88 bits per heavy atom. The summed E-state index contributed by atoms with van der Waals surface area (Å²) >= 11 is 6.05.